The van der Waals surface area contributed by atoms with Crippen molar-refractivity contribution in [3.8, 4) is 5.75 Å². The van der Waals surface area contributed by atoms with E-state index in [0.717, 1.165) is 17.6 Å². The molecule has 1 aliphatic heterocycles. The van der Waals surface area contributed by atoms with Crippen LogP contribution in [0.1, 0.15) is 39.7 Å². The molecular formula is C16H23FO3. The molecule has 1 aliphatic rings. The van der Waals surface area contributed by atoms with Crippen molar-refractivity contribution in [1.82, 2.24) is 0 Å². The lowest BCUT2D eigenvalue weighted by Gasteiger charge is -2.19. The van der Waals surface area contributed by atoms with Crippen molar-refractivity contribution in [2.45, 2.75) is 34.1 Å². The number of carbonyl (C=O) groups is 1. The van der Waals surface area contributed by atoms with E-state index in [0.29, 0.717) is 19.0 Å². The summed E-state index contributed by atoms with van der Waals surface area (Å²) in [4.78, 5) is 9.82. The van der Waals surface area contributed by atoms with Crippen LogP contribution in [0.15, 0.2) is 24.8 Å². The van der Waals surface area contributed by atoms with Crippen LogP contribution in [0.25, 0.3) is 5.57 Å². The molecule has 3 nitrogen and oxygen atoms in total. The molecule has 2 rings (SSSR count). The van der Waals surface area contributed by atoms with Gasteiger partial charge in [0.15, 0.2) is 11.6 Å². The minimum Gasteiger partial charge on any atom is -0.490 e. The number of halogens is 1. The average Bonchev–Trinajstić information content (AvgIpc) is 2.43. The Hall–Kier alpha value is -1.84. The van der Waals surface area contributed by atoms with Crippen LogP contribution in [-0.2, 0) is 9.53 Å². The van der Waals surface area contributed by atoms with E-state index in [9.17, 15) is 9.18 Å². The third kappa shape index (κ3) is 5.87. The van der Waals surface area contributed by atoms with Crippen LogP contribution in [0.5, 0.6) is 5.75 Å². The molecule has 0 radical (unpaired) electrons. The van der Waals surface area contributed by atoms with Crippen LogP contribution in [0.2, 0.25) is 0 Å². The Morgan fingerprint density at radius 2 is 2.10 bits per heavy atom. The number of ether oxygens (including phenoxy) is 2. The third-order valence-electron chi connectivity index (χ3n) is 2.35. The Balaban J connectivity index is 0.000000387. The second-order valence-electron chi connectivity index (χ2n) is 3.74. The maximum atomic E-state index is 13.1. The number of para-hydroxylation sites is 1. The Morgan fingerprint density at radius 1 is 1.45 bits per heavy atom. The molecular weight excluding hydrogens is 259 g/mol. The van der Waals surface area contributed by atoms with E-state index in [4.69, 9.17) is 4.74 Å². The highest BCUT2D eigenvalue weighted by Crippen LogP contribution is 2.33. The van der Waals surface area contributed by atoms with Crippen LogP contribution < -0.4 is 4.74 Å². The molecule has 0 saturated heterocycles. The monoisotopic (exact) mass is 282 g/mol. The predicted molar refractivity (Wildman–Crippen MR) is 79.2 cm³/mol. The minimum absolute atomic E-state index is 0.211. The van der Waals surface area contributed by atoms with Crippen molar-refractivity contribution in [2.24, 2.45) is 0 Å². The molecule has 1 heterocycles. The topological polar surface area (TPSA) is 35.5 Å². The van der Waals surface area contributed by atoms with Crippen molar-refractivity contribution in [3.63, 3.8) is 0 Å². The number of rotatable bonds is 1. The maximum Gasteiger partial charge on any atom is 0.302 e. The summed E-state index contributed by atoms with van der Waals surface area (Å²) >= 11 is 0. The maximum absolute atomic E-state index is 13.1. The van der Waals surface area contributed by atoms with Crippen molar-refractivity contribution in [3.05, 3.63) is 36.2 Å². The smallest absolute Gasteiger partial charge is 0.302 e. The van der Waals surface area contributed by atoms with Crippen LogP contribution in [-0.4, -0.2) is 19.2 Å². The molecule has 0 fully saturated rings. The first-order valence-corrected chi connectivity index (χ1v) is 6.79. The van der Waals surface area contributed by atoms with Gasteiger partial charge in [-0.15, -0.1) is 0 Å². The molecule has 0 unspecified atom stereocenters. The second kappa shape index (κ2) is 10.0. The lowest BCUT2D eigenvalue weighted by molar-refractivity contribution is -0.140. The van der Waals surface area contributed by atoms with Crippen LogP contribution in [0.3, 0.4) is 0 Å². The molecule has 0 aromatic heterocycles. The Labute approximate surface area is 120 Å². The summed E-state index contributed by atoms with van der Waals surface area (Å²) in [6.45, 7) is 12.0. The zero-order valence-electron chi connectivity index (χ0n) is 12.7. The van der Waals surface area contributed by atoms with E-state index >= 15 is 0 Å². The van der Waals surface area contributed by atoms with E-state index in [2.05, 4.69) is 11.3 Å². The van der Waals surface area contributed by atoms with Gasteiger partial charge in [0.1, 0.15) is 0 Å². The van der Waals surface area contributed by atoms with Gasteiger partial charge in [-0.1, -0.05) is 32.6 Å². The first-order valence-electron chi connectivity index (χ1n) is 6.79. The van der Waals surface area contributed by atoms with Crippen molar-refractivity contribution < 1.29 is 18.7 Å². The van der Waals surface area contributed by atoms with Gasteiger partial charge >= 0.3 is 5.97 Å². The lowest BCUT2D eigenvalue weighted by Crippen LogP contribution is -2.08. The molecule has 0 bridgehead atoms. The third-order valence-corrected chi connectivity index (χ3v) is 2.35. The lowest BCUT2D eigenvalue weighted by atomic mass is 10.0. The fourth-order valence-corrected chi connectivity index (χ4v) is 1.55. The Kier molecular flexibility index (Phi) is 9.09. The van der Waals surface area contributed by atoms with Crippen LogP contribution in [0, 0.1) is 5.82 Å². The van der Waals surface area contributed by atoms with Gasteiger partial charge in [0.25, 0.3) is 0 Å². The summed E-state index contributed by atoms with van der Waals surface area (Å²) < 4.78 is 22.7. The number of carbonyl (C=O) groups excluding carboxylic acids is 1. The van der Waals surface area contributed by atoms with E-state index in [1.54, 1.807) is 13.0 Å². The quantitative estimate of drug-likeness (QED) is 0.724. The molecule has 0 amide bonds. The molecule has 112 valence electrons. The normalized spacial score (nSPS) is 11.8. The number of hydrogen-bond donors (Lipinski definition) is 0. The summed E-state index contributed by atoms with van der Waals surface area (Å²) in [7, 11) is 0. The summed E-state index contributed by atoms with van der Waals surface area (Å²) in [5.41, 5.74) is 1.76. The van der Waals surface area contributed by atoms with Gasteiger partial charge in [0, 0.05) is 18.9 Å². The fourth-order valence-electron chi connectivity index (χ4n) is 1.55. The highest BCUT2D eigenvalue weighted by atomic mass is 19.1. The summed E-state index contributed by atoms with van der Waals surface area (Å²) in [6, 6.07) is 4.91. The molecule has 20 heavy (non-hydrogen) atoms. The van der Waals surface area contributed by atoms with Crippen LogP contribution >= 0.6 is 0 Å². The first kappa shape index (κ1) is 18.2. The van der Waals surface area contributed by atoms with E-state index in [1.165, 1.54) is 13.0 Å². The SMILES string of the molecule is C=C1CCOc2c(F)cccc21.CC.CCOC(C)=O. The molecule has 0 aliphatic carbocycles. The van der Waals surface area contributed by atoms with Crippen LogP contribution in [0.4, 0.5) is 4.39 Å². The molecule has 1 aromatic carbocycles. The predicted octanol–water partition coefficient (Wildman–Crippen LogP) is 4.22. The molecule has 0 N–H and O–H groups in total. The van der Waals surface area contributed by atoms with Gasteiger partial charge in [-0.25, -0.2) is 4.39 Å². The zero-order chi connectivity index (χ0) is 15.5. The van der Waals surface area contributed by atoms with Crippen molar-refractivity contribution >= 4 is 11.5 Å². The zero-order valence-corrected chi connectivity index (χ0v) is 12.7. The number of fused-ring (bicyclic) bond motifs is 1. The van der Waals surface area contributed by atoms with Gasteiger partial charge in [-0.3, -0.25) is 4.79 Å². The number of hydrogen-bond acceptors (Lipinski definition) is 3. The molecule has 0 spiro atoms. The summed E-state index contributed by atoms with van der Waals surface area (Å²) in [6.07, 6.45) is 0.788. The van der Waals surface area contributed by atoms with E-state index in [-0.39, 0.29) is 11.8 Å². The van der Waals surface area contributed by atoms with Crippen molar-refractivity contribution in [1.29, 1.82) is 0 Å². The standard InChI is InChI=1S/C10H9FO.C4H8O2.C2H6/c1-7-5-6-12-10-8(7)3-2-4-9(10)11;1-3-6-4(2)5;1-2/h2-4H,1,5-6H2;3H2,1-2H3;1-2H3. The van der Waals surface area contributed by atoms with Gasteiger partial charge in [-0.2, -0.15) is 0 Å². The number of benzene rings is 1. The highest BCUT2D eigenvalue weighted by molar-refractivity contribution is 5.70. The largest absolute Gasteiger partial charge is 0.490 e. The summed E-state index contributed by atoms with van der Waals surface area (Å²) in [5.74, 6) is -0.153. The Morgan fingerprint density at radius 3 is 2.55 bits per heavy atom. The molecule has 0 atom stereocenters. The fraction of sp³-hybridized carbons (Fsp3) is 0.438. The minimum atomic E-state index is -0.298. The molecule has 0 saturated carbocycles. The van der Waals surface area contributed by atoms with E-state index in [1.807, 2.05) is 19.9 Å². The van der Waals surface area contributed by atoms with Gasteiger partial charge in [-0.05, 0) is 18.6 Å². The summed E-state index contributed by atoms with van der Waals surface area (Å²) in [5, 5.41) is 0. The second-order valence-corrected chi connectivity index (χ2v) is 3.74. The molecule has 4 heteroatoms. The van der Waals surface area contributed by atoms with Gasteiger partial charge in [0.05, 0.1) is 13.2 Å². The molecule has 1 aromatic rings. The highest BCUT2D eigenvalue weighted by Gasteiger charge is 2.16. The van der Waals surface area contributed by atoms with Gasteiger partial charge < -0.3 is 9.47 Å². The van der Waals surface area contributed by atoms with Gasteiger partial charge in [0.2, 0.25) is 0 Å². The van der Waals surface area contributed by atoms with Crippen molar-refractivity contribution in [2.75, 3.05) is 13.2 Å². The Bertz CT molecular complexity index is 441. The first-order chi connectivity index (χ1) is 9.56. The average molecular weight is 282 g/mol. The number of esters is 1. The van der Waals surface area contributed by atoms with E-state index < -0.39 is 0 Å².